The summed E-state index contributed by atoms with van der Waals surface area (Å²) >= 11 is 0. The van der Waals surface area contributed by atoms with Crippen LogP contribution in [0.4, 0.5) is 0 Å². The molecule has 1 aromatic rings. The summed E-state index contributed by atoms with van der Waals surface area (Å²) in [6.45, 7) is 6.07. The smallest absolute Gasteiger partial charge is 0.122 e. The third-order valence-corrected chi connectivity index (χ3v) is 4.42. The Morgan fingerprint density at radius 2 is 2.11 bits per heavy atom. The molecule has 2 aliphatic rings. The highest BCUT2D eigenvalue weighted by Gasteiger charge is 2.27. The van der Waals surface area contributed by atoms with Gasteiger partial charge in [0.1, 0.15) is 5.82 Å². The lowest BCUT2D eigenvalue weighted by atomic mass is 10.0. The van der Waals surface area contributed by atoms with E-state index >= 15 is 0 Å². The van der Waals surface area contributed by atoms with Gasteiger partial charge in [-0.15, -0.1) is 0 Å². The lowest BCUT2D eigenvalue weighted by Gasteiger charge is -2.35. The van der Waals surface area contributed by atoms with E-state index in [1.54, 1.807) is 0 Å². The maximum absolute atomic E-state index is 4.45. The summed E-state index contributed by atoms with van der Waals surface area (Å²) < 4.78 is 2.14. The van der Waals surface area contributed by atoms with E-state index in [-0.39, 0.29) is 0 Å². The number of fused-ring (bicyclic) bond motifs is 1. The van der Waals surface area contributed by atoms with E-state index in [4.69, 9.17) is 0 Å². The molecule has 2 saturated heterocycles. The van der Waals surface area contributed by atoms with Crippen LogP contribution in [0.3, 0.4) is 0 Å². The molecule has 0 radical (unpaired) electrons. The second-order valence-corrected chi connectivity index (χ2v) is 5.73. The Morgan fingerprint density at radius 3 is 2.94 bits per heavy atom. The zero-order chi connectivity index (χ0) is 12.4. The van der Waals surface area contributed by atoms with Crippen LogP contribution in [0.2, 0.25) is 0 Å². The first-order chi connectivity index (χ1) is 8.83. The van der Waals surface area contributed by atoms with E-state index in [9.17, 15) is 0 Å². The molecule has 100 valence electrons. The van der Waals surface area contributed by atoms with Crippen LogP contribution in [0.5, 0.6) is 0 Å². The van der Waals surface area contributed by atoms with Crippen LogP contribution in [-0.2, 0) is 13.6 Å². The van der Waals surface area contributed by atoms with Crippen LogP contribution >= 0.6 is 0 Å². The normalized spacial score (nSPS) is 26.8. The van der Waals surface area contributed by atoms with Gasteiger partial charge in [0.05, 0.1) is 6.54 Å². The van der Waals surface area contributed by atoms with Crippen molar-refractivity contribution in [3.8, 4) is 0 Å². The number of aromatic nitrogens is 2. The first-order valence-corrected chi connectivity index (χ1v) is 7.25. The lowest BCUT2D eigenvalue weighted by Crippen LogP contribution is -2.43. The summed E-state index contributed by atoms with van der Waals surface area (Å²) in [5.41, 5.74) is 0. The van der Waals surface area contributed by atoms with Crippen molar-refractivity contribution in [3.05, 3.63) is 18.2 Å². The predicted octanol–water partition coefficient (Wildman–Crippen LogP) is 1.48. The molecule has 4 heteroatoms. The molecule has 3 rings (SSSR count). The Bertz CT molecular complexity index is 387. The molecule has 18 heavy (non-hydrogen) atoms. The van der Waals surface area contributed by atoms with Gasteiger partial charge in [0.2, 0.25) is 0 Å². The van der Waals surface area contributed by atoms with Crippen molar-refractivity contribution >= 4 is 0 Å². The monoisotopic (exact) mass is 248 g/mol. The Labute approximate surface area is 110 Å². The lowest BCUT2D eigenvalue weighted by molar-refractivity contribution is 0.133. The van der Waals surface area contributed by atoms with E-state index < -0.39 is 0 Å². The number of hydrogen-bond donors (Lipinski definition) is 0. The second kappa shape index (κ2) is 5.41. The van der Waals surface area contributed by atoms with E-state index in [0.717, 1.165) is 12.6 Å². The number of aryl methyl sites for hydroxylation is 1. The number of nitrogens with zero attached hydrogens (tertiary/aromatic N) is 4. The van der Waals surface area contributed by atoms with E-state index in [1.165, 1.54) is 57.7 Å². The van der Waals surface area contributed by atoms with Crippen molar-refractivity contribution in [2.45, 2.75) is 38.3 Å². The molecular formula is C14H24N4. The minimum absolute atomic E-state index is 0.793. The summed E-state index contributed by atoms with van der Waals surface area (Å²) in [5, 5.41) is 0. The van der Waals surface area contributed by atoms with Crippen LogP contribution in [0.15, 0.2) is 12.4 Å². The highest BCUT2D eigenvalue weighted by Crippen LogP contribution is 2.21. The van der Waals surface area contributed by atoms with Gasteiger partial charge < -0.3 is 4.57 Å². The van der Waals surface area contributed by atoms with Crippen LogP contribution in [0, 0.1) is 0 Å². The summed E-state index contributed by atoms with van der Waals surface area (Å²) in [6, 6.07) is 0.793. The highest BCUT2D eigenvalue weighted by molar-refractivity contribution is 4.92. The van der Waals surface area contributed by atoms with Crippen molar-refractivity contribution in [1.82, 2.24) is 19.4 Å². The Balaban J connectivity index is 1.64. The zero-order valence-electron chi connectivity index (χ0n) is 11.4. The molecule has 0 bridgehead atoms. The third kappa shape index (κ3) is 2.59. The molecule has 0 aliphatic carbocycles. The minimum Gasteiger partial charge on any atom is -0.337 e. The zero-order valence-corrected chi connectivity index (χ0v) is 11.4. The average molecular weight is 248 g/mol. The summed E-state index contributed by atoms with van der Waals surface area (Å²) in [7, 11) is 2.09. The Hall–Kier alpha value is -0.870. The van der Waals surface area contributed by atoms with Gasteiger partial charge in [-0.25, -0.2) is 4.98 Å². The molecule has 3 heterocycles. The van der Waals surface area contributed by atoms with Crippen molar-refractivity contribution in [2.24, 2.45) is 7.05 Å². The quantitative estimate of drug-likeness (QED) is 0.792. The van der Waals surface area contributed by atoms with Gasteiger partial charge in [-0.1, -0.05) is 6.42 Å². The van der Waals surface area contributed by atoms with E-state index in [2.05, 4.69) is 26.4 Å². The fourth-order valence-corrected chi connectivity index (χ4v) is 3.34. The molecule has 2 aliphatic heterocycles. The highest BCUT2D eigenvalue weighted by atomic mass is 15.3. The van der Waals surface area contributed by atoms with Gasteiger partial charge in [0.25, 0.3) is 0 Å². The molecule has 1 aromatic heterocycles. The number of piperidine rings is 1. The van der Waals surface area contributed by atoms with Gasteiger partial charge >= 0.3 is 0 Å². The molecule has 0 spiro atoms. The molecule has 1 unspecified atom stereocenters. The summed E-state index contributed by atoms with van der Waals surface area (Å²) in [6.07, 6.45) is 9.45. The molecule has 0 amide bonds. The Morgan fingerprint density at radius 1 is 1.22 bits per heavy atom. The van der Waals surface area contributed by atoms with Gasteiger partial charge in [0, 0.05) is 32.0 Å². The second-order valence-electron chi connectivity index (χ2n) is 5.73. The van der Waals surface area contributed by atoms with Gasteiger partial charge in [0.15, 0.2) is 0 Å². The SMILES string of the molecule is Cn1ccnc1CN1CCCN2CCCCC2C1. The molecule has 0 aromatic carbocycles. The number of imidazole rings is 1. The van der Waals surface area contributed by atoms with Crippen molar-refractivity contribution < 1.29 is 0 Å². The maximum Gasteiger partial charge on any atom is 0.122 e. The number of hydrogen-bond acceptors (Lipinski definition) is 3. The third-order valence-electron chi connectivity index (χ3n) is 4.42. The molecule has 4 nitrogen and oxygen atoms in total. The van der Waals surface area contributed by atoms with Crippen LogP contribution in [0.1, 0.15) is 31.5 Å². The maximum atomic E-state index is 4.45. The molecule has 0 saturated carbocycles. The van der Waals surface area contributed by atoms with Crippen LogP contribution < -0.4 is 0 Å². The largest absolute Gasteiger partial charge is 0.337 e. The first kappa shape index (κ1) is 12.2. The van der Waals surface area contributed by atoms with Crippen molar-refractivity contribution in [1.29, 1.82) is 0 Å². The van der Waals surface area contributed by atoms with Gasteiger partial charge in [-0.2, -0.15) is 0 Å². The topological polar surface area (TPSA) is 24.3 Å². The fraction of sp³-hybridized carbons (Fsp3) is 0.786. The molecule has 2 fully saturated rings. The van der Waals surface area contributed by atoms with Crippen molar-refractivity contribution in [2.75, 3.05) is 26.2 Å². The standard InChI is InChI=1S/C14H24N4/c1-16-10-6-15-14(16)12-17-7-4-9-18-8-3-2-5-13(18)11-17/h6,10,13H,2-5,7-9,11-12H2,1H3. The van der Waals surface area contributed by atoms with E-state index in [0.29, 0.717) is 0 Å². The summed E-state index contributed by atoms with van der Waals surface area (Å²) in [5.74, 6) is 1.19. The molecule has 1 atom stereocenters. The molecular weight excluding hydrogens is 224 g/mol. The fourth-order valence-electron chi connectivity index (χ4n) is 3.34. The van der Waals surface area contributed by atoms with Gasteiger partial charge in [-0.05, 0) is 38.9 Å². The predicted molar refractivity (Wildman–Crippen MR) is 72.3 cm³/mol. The Kier molecular flexibility index (Phi) is 3.66. The van der Waals surface area contributed by atoms with Crippen LogP contribution in [0.25, 0.3) is 0 Å². The van der Waals surface area contributed by atoms with E-state index in [1.807, 2.05) is 12.4 Å². The van der Waals surface area contributed by atoms with Crippen LogP contribution in [-0.4, -0.2) is 51.6 Å². The molecule has 0 N–H and O–H groups in total. The van der Waals surface area contributed by atoms with Crippen molar-refractivity contribution in [3.63, 3.8) is 0 Å². The first-order valence-electron chi connectivity index (χ1n) is 7.25. The number of rotatable bonds is 2. The summed E-state index contributed by atoms with van der Waals surface area (Å²) in [4.78, 5) is 9.76. The van der Waals surface area contributed by atoms with Gasteiger partial charge in [-0.3, -0.25) is 9.80 Å². The average Bonchev–Trinajstić information content (AvgIpc) is 2.66. The minimum atomic E-state index is 0.793.